The number of amides is 1. The summed E-state index contributed by atoms with van der Waals surface area (Å²) in [6.07, 6.45) is 1.98. The standard InChI is InChI=1S/C21H15ClN2O2S/c22-15-6-7-18-14(8-15)10-19(26-18)17-11-27-21(24-17)13-2-1-3-16(9-13)23-20(25)12-4-5-12/h1-3,6-12H,4-5H2,(H,23,25). The monoisotopic (exact) mass is 394 g/mol. The van der Waals surface area contributed by atoms with Gasteiger partial charge in [0.05, 0.1) is 0 Å². The number of thiazole rings is 1. The summed E-state index contributed by atoms with van der Waals surface area (Å²) >= 11 is 7.59. The van der Waals surface area contributed by atoms with Crippen molar-refractivity contribution >= 4 is 45.5 Å². The van der Waals surface area contributed by atoms with E-state index in [2.05, 4.69) is 5.32 Å². The maximum atomic E-state index is 12.0. The number of hydrogen-bond donors (Lipinski definition) is 1. The molecule has 1 aliphatic rings. The molecule has 0 radical (unpaired) electrons. The second kappa shape index (κ2) is 6.51. The van der Waals surface area contributed by atoms with Crippen molar-refractivity contribution in [1.29, 1.82) is 0 Å². The lowest BCUT2D eigenvalue weighted by molar-refractivity contribution is -0.117. The van der Waals surface area contributed by atoms with Gasteiger partial charge in [-0.1, -0.05) is 23.7 Å². The van der Waals surface area contributed by atoms with Gasteiger partial charge >= 0.3 is 0 Å². The zero-order chi connectivity index (χ0) is 18.4. The van der Waals surface area contributed by atoms with E-state index in [1.807, 2.05) is 53.9 Å². The van der Waals surface area contributed by atoms with E-state index in [4.69, 9.17) is 21.0 Å². The van der Waals surface area contributed by atoms with Gasteiger partial charge in [-0.2, -0.15) is 0 Å². The highest BCUT2D eigenvalue weighted by atomic mass is 35.5. The molecule has 0 unspecified atom stereocenters. The van der Waals surface area contributed by atoms with Gasteiger partial charge in [-0.25, -0.2) is 4.98 Å². The molecule has 0 spiro atoms. The summed E-state index contributed by atoms with van der Waals surface area (Å²) in [5, 5.41) is 7.47. The van der Waals surface area contributed by atoms with Crippen molar-refractivity contribution in [1.82, 2.24) is 4.98 Å². The Bertz CT molecular complexity index is 1160. The number of halogens is 1. The molecule has 1 N–H and O–H groups in total. The van der Waals surface area contributed by atoms with Crippen molar-refractivity contribution < 1.29 is 9.21 Å². The Balaban J connectivity index is 1.43. The molecule has 2 aromatic heterocycles. The molecule has 27 heavy (non-hydrogen) atoms. The minimum atomic E-state index is 0.105. The molecule has 0 bridgehead atoms. The number of hydrogen-bond acceptors (Lipinski definition) is 4. The Morgan fingerprint density at radius 3 is 2.93 bits per heavy atom. The number of nitrogens with zero attached hydrogens (tertiary/aromatic N) is 1. The van der Waals surface area contributed by atoms with Crippen LogP contribution in [0.15, 0.2) is 58.3 Å². The van der Waals surface area contributed by atoms with E-state index in [0.717, 1.165) is 45.8 Å². The highest BCUT2D eigenvalue weighted by Crippen LogP contribution is 2.34. The van der Waals surface area contributed by atoms with Crippen LogP contribution in [-0.2, 0) is 4.79 Å². The van der Waals surface area contributed by atoms with E-state index in [-0.39, 0.29) is 11.8 Å². The average Bonchev–Trinajstić information content (AvgIpc) is 3.25. The zero-order valence-electron chi connectivity index (χ0n) is 14.2. The van der Waals surface area contributed by atoms with Crippen LogP contribution in [0.2, 0.25) is 5.02 Å². The summed E-state index contributed by atoms with van der Waals surface area (Å²) in [5.74, 6) is 1.00. The molecule has 1 fully saturated rings. The summed E-state index contributed by atoms with van der Waals surface area (Å²) in [6.45, 7) is 0. The highest BCUT2D eigenvalue weighted by Gasteiger charge is 2.29. The number of aromatic nitrogens is 1. The van der Waals surface area contributed by atoms with Crippen molar-refractivity contribution in [3.8, 4) is 22.0 Å². The summed E-state index contributed by atoms with van der Waals surface area (Å²) in [6, 6.07) is 15.3. The van der Waals surface area contributed by atoms with Crippen LogP contribution < -0.4 is 5.32 Å². The molecule has 2 heterocycles. The van der Waals surface area contributed by atoms with Gasteiger partial charge in [-0.3, -0.25) is 4.79 Å². The van der Waals surface area contributed by atoms with Crippen LogP contribution in [-0.4, -0.2) is 10.9 Å². The Labute approximate surface area is 164 Å². The van der Waals surface area contributed by atoms with Crippen LogP contribution >= 0.6 is 22.9 Å². The third-order valence-electron chi connectivity index (χ3n) is 4.56. The third kappa shape index (κ3) is 3.36. The first kappa shape index (κ1) is 16.5. The number of anilines is 1. The van der Waals surface area contributed by atoms with Gasteiger partial charge in [0, 0.05) is 33.0 Å². The number of furan rings is 1. The number of carbonyl (C=O) groups is 1. The molecular weight excluding hydrogens is 380 g/mol. The van der Waals surface area contributed by atoms with Crippen LogP contribution in [0.4, 0.5) is 5.69 Å². The van der Waals surface area contributed by atoms with Gasteiger partial charge in [0.1, 0.15) is 16.3 Å². The summed E-state index contributed by atoms with van der Waals surface area (Å²) in [5.41, 5.74) is 3.35. The average molecular weight is 395 g/mol. The number of fused-ring (bicyclic) bond motifs is 1. The molecule has 4 aromatic rings. The van der Waals surface area contributed by atoms with Crippen molar-refractivity contribution in [3.05, 3.63) is 58.9 Å². The van der Waals surface area contributed by atoms with Gasteiger partial charge in [0.2, 0.25) is 5.91 Å². The largest absolute Gasteiger partial charge is 0.454 e. The third-order valence-corrected chi connectivity index (χ3v) is 5.69. The van der Waals surface area contributed by atoms with Crippen molar-refractivity contribution in [2.75, 3.05) is 5.32 Å². The van der Waals surface area contributed by atoms with Crippen molar-refractivity contribution in [2.45, 2.75) is 12.8 Å². The van der Waals surface area contributed by atoms with Gasteiger partial charge in [-0.15, -0.1) is 11.3 Å². The number of carbonyl (C=O) groups excluding carboxylic acids is 1. The Hall–Kier alpha value is -2.63. The van der Waals surface area contributed by atoms with Crippen LogP contribution in [0.1, 0.15) is 12.8 Å². The zero-order valence-corrected chi connectivity index (χ0v) is 15.8. The van der Waals surface area contributed by atoms with Crippen LogP contribution in [0.3, 0.4) is 0 Å². The Kier molecular flexibility index (Phi) is 3.99. The molecule has 5 rings (SSSR count). The van der Waals surface area contributed by atoms with E-state index < -0.39 is 0 Å². The first-order valence-corrected chi connectivity index (χ1v) is 9.98. The molecule has 1 amide bonds. The van der Waals surface area contributed by atoms with E-state index >= 15 is 0 Å². The summed E-state index contributed by atoms with van der Waals surface area (Å²) < 4.78 is 5.90. The first-order chi connectivity index (χ1) is 13.2. The van der Waals surface area contributed by atoms with E-state index in [1.54, 1.807) is 11.3 Å². The molecule has 6 heteroatoms. The molecular formula is C21H15ClN2O2S. The lowest BCUT2D eigenvalue weighted by Crippen LogP contribution is -2.13. The second-order valence-corrected chi connectivity index (χ2v) is 7.97. The highest BCUT2D eigenvalue weighted by molar-refractivity contribution is 7.13. The lowest BCUT2D eigenvalue weighted by atomic mass is 10.2. The minimum absolute atomic E-state index is 0.105. The van der Waals surface area contributed by atoms with E-state index in [1.165, 1.54) is 0 Å². The van der Waals surface area contributed by atoms with Gasteiger partial charge < -0.3 is 9.73 Å². The maximum absolute atomic E-state index is 12.0. The van der Waals surface area contributed by atoms with Gasteiger partial charge in [0.25, 0.3) is 0 Å². The quantitative estimate of drug-likeness (QED) is 0.446. The molecule has 1 saturated carbocycles. The smallest absolute Gasteiger partial charge is 0.227 e. The Morgan fingerprint density at radius 2 is 2.07 bits per heavy atom. The first-order valence-electron chi connectivity index (χ1n) is 8.72. The van der Waals surface area contributed by atoms with E-state index in [0.29, 0.717) is 10.8 Å². The number of rotatable bonds is 4. The van der Waals surface area contributed by atoms with Crippen molar-refractivity contribution in [2.24, 2.45) is 5.92 Å². The van der Waals surface area contributed by atoms with Crippen LogP contribution in [0, 0.1) is 5.92 Å². The predicted molar refractivity (Wildman–Crippen MR) is 109 cm³/mol. The molecule has 2 aromatic carbocycles. The SMILES string of the molecule is O=C(Nc1cccc(-c2nc(-c3cc4cc(Cl)ccc4o3)cs2)c1)C1CC1. The topological polar surface area (TPSA) is 55.1 Å². The molecule has 0 saturated heterocycles. The fourth-order valence-corrected chi connectivity index (χ4v) is 3.97. The predicted octanol–water partition coefficient (Wildman–Crippen LogP) is 6.23. The van der Waals surface area contributed by atoms with Crippen LogP contribution in [0.25, 0.3) is 33.0 Å². The molecule has 0 aliphatic heterocycles. The summed E-state index contributed by atoms with van der Waals surface area (Å²) in [7, 11) is 0. The van der Waals surface area contributed by atoms with Gasteiger partial charge in [-0.05, 0) is 49.2 Å². The maximum Gasteiger partial charge on any atom is 0.227 e. The van der Waals surface area contributed by atoms with Gasteiger partial charge in [0.15, 0.2) is 5.76 Å². The number of nitrogens with one attached hydrogen (secondary N) is 1. The fraction of sp³-hybridized carbons (Fsp3) is 0.143. The number of benzene rings is 2. The Morgan fingerprint density at radius 1 is 1.19 bits per heavy atom. The van der Waals surface area contributed by atoms with Crippen molar-refractivity contribution in [3.63, 3.8) is 0 Å². The van der Waals surface area contributed by atoms with E-state index in [9.17, 15) is 4.79 Å². The lowest BCUT2D eigenvalue weighted by Gasteiger charge is -2.05. The minimum Gasteiger partial charge on any atom is -0.454 e. The summed E-state index contributed by atoms with van der Waals surface area (Å²) in [4.78, 5) is 16.7. The second-order valence-electron chi connectivity index (χ2n) is 6.68. The molecule has 4 nitrogen and oxygen atoms in total. The fourth-order valence-electron chi connectivity index (χ4n) is 2.98. The normalized spacial score (nSPS) is 13.8. The molecule has 0 atom stereocenters. The molecule has 134 valence electrons. The molecule has 1 aliphatic carbocycles. The van der Waals surface area contributed by atoms with Crippen LogP contribution in [0.5, 0.6) is 0 Å².